The van der Waals surface area contributed by atoms with Crippen molar-refractivity contribution in [2.24, 2.45) is 17.4 Å². The topological polar surface area (TPSA) is 72.3 Å². The lowest BCUT2D eigenvalue weighted by atomic mass is 9.93. The van der Waals surface area contributed by atoms with Crippen molar-refractivity contribution in [3.8, 4) is 0 Å². The highest BCUT2D eigenvalue weighted by Crippen LogP contribution is 2.35. The average molecular weight is 418 g/mol. The summed E-state index contributed by atoms with van der Waals surface area (Å²) in [6.07, 6.45) is 2.53. The lowest BCUT2D eigenvalue weighted by molar-refractivity contribution is -0.137. The van der Waals surface area contributed by atoms with E-state index >= 15 is 0 Å². The Morgan fingerprint density at radius 3 is 2.25 bits per heavy atom. The number of allylic oxidation sites excluding steroid dienone is 1. The molecule has 4 nitrogen and oxygen atoms in total. The van der Waals surface area contributed by atoms with Crippen LogP contribution in [0.3, 0.4) is 0 Å². The van der Waals surface area contributed by atoms with Gasteiger partial charge in [-0.05, 0) is 62.9 Å². The number of carbonyl (C=O) groups is 1. The molecule has 1 aliphatic heterocycles. The molecule has 1 aliphatic carbocycles. The standard InChI is InChI=1S/C11H19N3O.C9H8ClF3/c12-10(7-11(13)15)8-3-5-14(6-4-8)9-1-2-9;1-2-6-3-4-7(8(10)5-6)9(11,12)13/h7-9H,1-6,12H2,(H2,13,15);3-5H,2H2,1H3/b10-7-;. The molecule has 1 aromatic carbocycles. The van der Waals surface area contributed by atoms with Gasteiger partial charge < -0.3 is 16.4 Å². The van der Waals surface area contributed by atoms with Gasteiger partial charge in [0.05, 0.1) is 10.6 Å². The SMILES string of the molecule is CCc1ccc(C(F)(F)F)c(Cl)c1.NC(=O)/C=C(\N)C1CCN(C2CC2)CC1. The molecule has 28 heavy (non-hydrogen) atoms. The molecule has 3 rings (SSSR count). The first-order chi connectivity index (χ1) is 13.1. The molecular formula is C20H27ClF3N3O. The van der Waals surface area contributed by atoms with E-state index in [1.807, 2.05) is 6.92 Å². The molecule has 1 heterocycles. The Bertz CT molecular complexity index is 709. The number of hydrogen-bond donors (Lipinski definition) is 2. The van der Waals surface area contributed by atoms with Crippen molar-refractivity contribution in [1.29, 1.82) is 0 Å². The summed E-state index contributed by atoms with van der Waals surface area (Å²) in [6.45, 7) is 4.09. The van der Waals surface area contributed by atoms with Crippen LogP contribution in [0.1, 0.15) is 43.7 Å². The van der Waals surface area contributed by atoms with Crippen LogP contribution in [-0.2, 0) is 17.4 Å². The van der Waals surface area contributed by atoms with E-state index in [0.717, 1.165) is 43.6 Å². The number of alkyl halides is 3. The Balaban J connectivity index is 0.000000203. The Hall–Kier alpha value is -1.73. The molecule has 2 fully saturated rings. The van der Waals surface area contributed by atoms with Crippen molar-refractivity contribution in [2.75, 3.05) is 13.1 Å². The molecule has 1 aromatic rings. The molecule has 8 heteroatoms. The van der Waals surface area contributed by atoms with E-state index in [1.165, 1.54) is 31.1 Å². The highest BCUT2D eigenvalue weighted by atomic mass is 35.5. The third-order valence-electron chi connectivity index (χ3n) is 5.12. The normalized spacial score (nSPS) is 19.1. The Morgan fingerprint density at radius 2 is 1.82 bits per heavy atom. The number of halogens is 4. The van der Waals surface area contributed by atoms with E-state index in [0.29, 0.717) is 18.0 Å². The number of amides is 1. The van der Waals surface area contributed by atoms with Gasteiger partial charge in [0.2, 0.25) is 5.91 Å². The number of nitrogens with two attached hydrogens (primary N) is 2. The monoisotopic (exact) mass is 417 g/mol. The largest absolute Gasteiger partial charge is 0.417 e. The molecule has 0 bridgehead atoms. The van der Waals surface area contributed by atoms with Gasteiger partial charge in [-0.1, -0.05) is 24.6 Å². The van der Waals surface area contributed by atoms with Gasteiger partial charge in [-0.15, -0.1) is 0 Å². The minimum absolute atomic E-state index is 0.230. The zero-order valence-corrected chi connectivity index (χ0v) is 16.7. The predicted molar refractivity (Wildman–Crippen MR) is 105 cm³/mol. The molecule has 0 spiro atoms. The van der Waals surface area contributed by atoms with Gasteiger partial charge in [0.1, 0.15) is 0 Å². The molecule has 156 valence electrons. The lowest BCUT2D eigenvalue weighted by Crippen LogP contribution is -2.37. The van der Waals surface area contributed by atoms with Gasteiger partial charge in [0.15, 0.2) is 0 Å². The molecule has 4 N–H and O–H groups in total. The summed E-state index contributed by atoms with van der Waals surface area (Å²) >= 11 is 5.47. The third kappa shape index (κ3) is 6.71. The van der Waals surface area contributed by atoms with E-state index in [2.05, 4.69) is 4.90 Å². The van der Waals surface area contributed by atoms with Crippen molar-refractivity contribution in [2.45, 2.75) is 51.2 Å². The van der Waals surface area contributed by atoms with Gasteiger partial charge in [-0.3, -0.25) is 4.79 Å². The smallest absolute Gasteiger partial charge is 0.402 e. The third-order valence-corrected chi connectivity index (χ3v) is 5.43. The number of benzene rings is 1. The Kier molecular flexibility index (Phi) is 7.78. The first-order valence-electron chi connectivity index (χ1n) is 9.48. The summed E-state index contributed by atoms with van der Waals surface area (Å²) in [5.74, 6) is -0.0791. The van der Waals surface area contributed by atoms with Gasteiger partial charge in [-0.25, -0.2) is 0 Å². The molecule has 0 aromatic heterocycles. The molecule has 2 aliphatic rings. The van der Waals surface area contributed by atoms with E-state index in [4.69, 9.17) is 23.1 Å². The number of rotatable bonds is 4. The highest BCUT2D eigenvalue weighted by molar-refractivity contribution is 6.31. The summed E-state index contributed by atoms with van der Waals surface area (Å²) in [5, 5.41) is -0.230. The van der Waals surface area contributed by atoms with Crippen LogP contribution in [-0.4, -0.2) is 29.9 Å². The van der Waals surface area contributed by atoms with Crippen molar-refractivity contribution >= 4 is 17.5 Å². The van der Waals surface area contributed by atoms with E-state index < -0.39 is 17.6 Å². The fraction of sp³-hybridized carbons (Fsp3) is 0.550. The van der Waals surface area contributed by atoms with Crippen LogP contribution in [0.15, 0.2) is 30.0 Å². The fourth-order valence-corrected chi connectivity index (χ4v) is 3.64. The van der Waals surface area contributed by atoms with E-state index in [1.54, 1.807) is 0 Å². The number of piperidine rings is 1. The van der Waals surface area contributed by atoms with Crippen LogP contribution in [0.2, 0.25) is 5.02 Å². The lowest BCUT2D eigenvalue weighted by Gasteiger charge is -2.32. The molecule has 0 unspecified atom stereocenters. The highest BCUT2D eigenvalue weighted by Gasteiger charge is 2.33. The molecule has 0 atom stereocenters. The maximum atomic E-state index is 12.2. The number of aryl methyl sites for hydroxylation is 1. The zero-order valence-electron chi connectivity index (χ0n) is 15.9. The van der Waals surface area contributed by atoms with Crippen molar-refractivity contribution in [3.63, 3.8) is 0 Å². The first kappa shape index (κ1) is 22.6. The van der Waals surface area contributed by atoms with Crippen LogP contribution in [0.4, 0.5) is 13.2 Å². The maximum Gasteiger partial charge on any atom is 0.417 e. The molecular weight excluding hydrogens is 391 g/mol. The van der Waals surface area contributed by atoms with Gasteiger partial charge in [-0.2, -0.15) is 13.2 Å². The van der Waals surface area contributed by atoms with Crippen molar-refractivity contribution < 1.29 is 18.0 Å². The van der Waals surface area contributed by atoms with Crippen molar-refractivity contribution in [3.05, 3.63) is 46.1 Å². The van der Waals surface area contributed by atoms with Crippen LogP contribution in [0.5, 0.6) is 0 Å². The summed E-state index contributed by atoms with van der Waals surface area (Å²) in [6, 6.07) is 4.65. The Morgan fingerprint density at radius 1 is 1.21 bits per heavy atom. The van der Waals surface area contributed by atoms with Crippen LogP contribution in [0.25, 0.3) is 0 Å². The van der Waals surface area contributed by atoms with Crippen LogP contribution >= 0.6 is 11.6 Å². The minimum Gasteiger partial charge on any atom is -0.402 e. The summed E-state index contributed by atoms with van der Waals surface area (Å²) < 4.78 is 36.6. The fourth-order valence-electron chi connectivity index (χ4n) is 3.33. The average Bonchev–Trinajstić information content (AvgIpc) is 3.45. The predicted octanol–water partition coefficient (Wildman–Crippen LogP) is 4.11. The quantitative estimate of drug-likeness (QED) is 0.724. The second kappa shape index (κ2) is 9.65. The van der Waals surface area contributed by atoms with Gasteiger partial charge >= 0.3 is 6.18 Å². The van der Waals surface area contributed by atoms with E-state index in [-0.39, 0.29) is 5.02 Å². The second-order valence-corrected chi connectivity index (χ2v) is 7.66. The molecule has 1 saturated heterocycles. The van der Waals surface area contributed by atoms with Crippen LogP contribution in [0, 0.1) is 5.92 Å². The second-order valence-electron chi connectivity index (χ2n) is 7.25. The number of likely N-dealkylation sites (tertiary alicyclic amines) is 1. The zero-order chi connectivity index (χ0) is 20.9. The number of primary amides is 1. The number of nitrogens with zero attached hydrogens (tertiary/aromatic N) is 1. The van der Waals surface area contributed by atoms with Gasteiger partial charge in [0.25, 0.3) is 0 Å². The molecule has 1 amide bonds. The summed E-state index contributed by atoms with van der Waals surface area (Å²) in [4.78, 5) is 13.2. The number of hydrogen-bond acceptors (Lipinski definition) is 3. The maximum absolute atomic E-state index is 12.2. The van der Waals surface area contributed by atoms with E-state index in [9.17, 15) is 18.0 Å². The van der Waals surface area contributed by atoms with Crippen LogP contribution < -0.4 is 11.5 Å². The number of carbonyl (C=O) groups excluding carboxylic acids is 1. The molecule has 0 radical (unpaired) electrons. The summed E-state index contributed by atoms with van der Waals surface area (Å²) in [7, 11) is 0. The Labute approximate surface area is 168 Å². The summed E-state index contributed by atoms with van der Waals surface area (Å²) in [5.41, 5.74) is 11.6. The first-order valence-corrected chi connectivity index (χ1v) is 9.85. The van der Waals surface area contributed by atoms with Gasteiger partial charge in [0, 0.05) is 23.7 Å². The molecule has 1 saturated carbocycles. The minimum atomic E-state index is -4.36. The van der Waals surface area contributed by atoms with Crippen molar-refractivity contribution in [1.82, 2.24) is 4.90 Å².